The number of hydrogen-bond donors (Lipinski definition) is 2. The highest BCUT2D eigenvalue weighted by atomic mass is 19.1. The van der Waals surface area contributed by atoms with Gasteiger partial charge in [-0.25, -0.2) is 8.78 Å². The first-order valence-corrected chi connectivity index (χ1v) is 6.47. The zero-order valence-corrected chi connectivity index (χ0v) is 11.6. The van der Waals surface area contributed by atoms with Crippen LogP contribution in [-0.4, -0.2) is 29.6 Å². The van der Waals surface area contributed by atoms with Gasteiger partial charge in [0.05, 0.1) is 0 Å². The van der Waals surface area contributed by atoms with E-state index in [9.17, 15) is 18.4 Å². The Morgan fingerprint density at radius 1 is 1.38 bits per heavy atom. The Labute approximate surface area is 120 Å². The van der Waals surface area contributed by atoms with Crippen molar-refractivity contribution in [2.75, 3.05) is 6.61 Å². The van der Waals surface area contributed by atoms with Gasteiger partial charge in [-0.05, 0) is 31.9 Å². The van der Waals surface area contributed by atoms with Gasteiger partial charge in [-0.15, -0.1) is 0 Å². The van der Waals surface area contributed by atoms with Crippen molar-refractivity contribution in [3.63, 3.8) is 0 Å². The normalized spacial score (nSPS) is 11.8. The molecule has 1 rings (SSSR count). The lowest BCUT2D eigenvalue weighted by Crippen LogP contribution is -2.36. The van der Waals surface area contributed by atoms with E-state index in [-0.39, 0.29) is 18.2 Å². The molecule has 0 heterocycles. The Morgan fingerprint density at radius 2 is 2.10 bits per heavy atom. The fraction of sp³-hybridized carbons (Fsp3) is 0.429. The number of carboxylic acid groups (broad SMARTS) is 1. The van der Waals surface area contributed by atoms with Crippen LogP contribution < -0.4 is 10.1 Å². The number of carboxylic acids is 1. The maximum absolute atomic E-state index is 13.3. The second kappa shape index (κ2) is 8.18. The van der Waals surface area contributed by atoms with Crippen molar-refractivity contribution >= 4 is 11.9 Å². The Balaban J connectivity index is 2.31. The molecule has 7 heteroatoms. The van der Waals surface area contributed by atoms with E-state index in [1.165, 1.54) is 0 Å². The molecular weight excluding hydrogens is 284 g/mol. The number of hydrogen-bond acceptors (Lipinski definition) is 3. The third-order valence-corrected chi connectivity index (χ3v) is 2.69. The largest absolute Gasteiger partial charge is 0.481 e. The second-order valence-electron chi connectivity index (χ2n) is 4.62. The molecule has 0 aliphatic heterocycles. The summed E-state index contributed by atoms with van der Waals surface area (Å²) >= 11 is 0. The highest BCUT2D eigenvalue weighted by molar-refractivity contribution is 5.77. The van der Waals surface area contributed by atoms with Crippen molar-refractivity contribution in [1.29, 1.82) is 0 Å². The van der Waals surface area contributed by atoms with Gasteiger partial charge in [-0.1, -0.05) is 0 Å². The molecule has 0 spiro atoms. The lowest BCUT2D eigenvalue weighted by atomic mass is 10.1. The third-order valence-electron chi connectivity index (χ3n) is 2.69. The molecule has 5 nitrogen and oxygen atoms in total. The van der Waals surface area contributed by atoms with E-state index in [4.69, 9.17) is 9.84 Å². The Bertz CT molecular complexity index is 508. The summed E-state index contributed by atoms with van der Waals surface area (Å²) in [5, 5.41) is 11.1. The van der Waals surface area contributed by atoms with Crippen LogP contribution in [-0.2, 0) is 9.59 Å². The molecule has 1 unspecified atom stereocenters. The van der Waals surface area contributed by atoms with Gasteiger partial charge in [0.2, 0.25) is 0 Å². The third kappa shape index (κ3) is 6.69. The SMILES string of the molecule is CC(CCCC(=O)O)NC(=O)COc1ccc(F)cc1F. The first-order chi connectivity index (χ1) is 9.88. The van der Waals surface area contributed by atoms with E-state index in [1.807, 2.05) is 0 Å². The number of carbonyl (C=O) groups is 2. The quantitative estimate of drug-likeness (QED) is 0.771. The summed E-state index contributed by atoms with van der Waals surface area (Å²) in [6, 6.07) is 2.60. The number of aliphatic carboxylic acids is 1. The molecule has 2 N–H and O–H groups in total. The zero-order chi connectivity index (χ0) is 15.8. The molecular formula is C14H17F2NO4. The van der Waals surface area contributed by atoms with Crippen molar-refractivity contribution in [1.82, 2.24) is 5.32 Å². The maximum Gasteiger partial charge on any atom is 0.303 e. The molecule has 1 amide bonds. The van der Waals surface area contributed by atoms with E-state index in [2.05, 4.69) is 5.32 Å². The summed E-state index contributed by atoms with van der Waals surface area (Å²) in [5.41, 5.74) is 0. The number of carbonyl (C=O) groups excluding carboxylic acids is 1. The van der Waals surface area contributed by atoms with Crippen LogP contribution in [0.5, 0.6) is 5.75 Å². The predicted molar refractivity (Wildman–Crippen MR) is 70.9 cm³/mol. The van der Waals surface area contributed by atoms with E-state index < -0.39 is 30.1 Å². The molecule has 0 radical (unpaired) electrons. The van der Waals surface area contributed by atoms with E-state index in [0.29, 0.717) is 18.9 Å². The summed E-state index contributed by atoms with van der Waals surface area (Å²) in [6.07, 6.45) is 1.00. The number of halogens is 2. The van der Waals surface area contributed by atoms with Crippen molar-refractivity contribution < 1.29 is 28.2 Å². The predicted octanol–water partition coefficient (Wildman–Crippen LogP) is 2.10. The smallest absolute Gasteiger partial charge is 0.303 e. The fourth-order valence-electron chi connectivity index (χ4n) is 1.68. The standard InChI is InChI=1S/C14H17F2NO4/c1-9(3-2-4-14(19)20)17-13(18)8-21-12-6-5-10(15)7-11(12)16/h5-7,9H,2-4,8H2,1H3,(H,17,18)(H,19,20). The van der Waals surface area contributed by atoms with Crippen LogP contribution >= 0.6 is 0 Å². The van der Waals surface area contributed by atoms with Crippen LogP contribution in [0.4, 0.5) is 8.78 Å². The number of rotatable bonds is 8. The van der Waals surface area contributed by atoms with Crippen LogP contribution in [0, 0.1) is 11.6 Å². The summed E-state index contributed by atoms with van der Waals surface area (Å²) in [7, 11) is 0. The topological polar surface area (TPSA) is 75.6 Å². The highest BCUT2D eigenvalue weighted by Gasteiger charge is 2.11. The van der Waals surface area contributed by atoms with Gasteiger partial charge in [0.15, 0.2) is 18.2 Å². The molecule has 0 aliphatic carbocycles. The lowest BCUT2D eigenvalue weighted by molar-refractivity contribution is -0.137. The van der Waals surface area contributed by atoms with Crippen LogP contribution in [0.15, 0.2) is 18.2 Å². The van der Waals surface area contributed by atoms with Gasteiger partial charge in [0.1, 0.15) is 5.82 Å². The zero-order valence-electron chi connectivity index (χ0n) is 11.6. The summed E-state index contributed by atoms with van der Waals surface area (Å²) < 4.78 is 30.9. The van der Waals surface area contributed by atoms with Gasteiger partial charge in [0, 0.05) is 18.5 Å². The molecule has 116 valence electrons. The number of benzene rings is 1. The maximum atomic E-state index is 13.3. The van der Waals surface area contributed by atoms with Gasteiger partial charge >= 0.3 is 5.97 Å². The molecule has 0 fully saturated rings. The minimum absolute atomic E-state index is 0.0392. The molecule has 0 saturated carbocycles. The summed E-state index contributed by atoms with van der Waals surface area (Å²) in [6.45, 7) is 1.34. The van der Waals surface area contributed by atoms with Gasteiger partial charge in [-0.2, -0.15) is 0 Å². The Kier molecular flexibility index (Phi) is 6.58. The van der Waals surface area contributed by atoms with Gasteiger partial charge < -0.3 is 15.2 Å². The molecule has 0 aliphatic rings. The molecule has 0 saturated heterocycles. The molecule has 1 aromatic carbocycles. The van der Waals surface area contributed by atoms with Gasteiger partial charge in [0.25, 0.3) is 5.91 Å². The minimum atomic E-state index is -0.886. The van der Waals surface area contributed by atoms with Crippen LogP contribution in [0.25, 0.3) is 0 Å². The molecule has 0 bridgehead atoms. The summed E-state index contributed by atoms with van der Waals surface area (Å²) in [5.74, 6) is -3.15. The number of ether oxygens (including phenoxy) is 1. The van der Waals surface area contributed by atoms with E-state index in [0.717, 1.165) is 12.1 Å². The minimum Gasteiger partial charge on any atom is -0.481 e. The average Bonchev–Trinajstić information content (AvgIpc) is 2.37. The van der Waals surface area contributed by atoms with Crippen LogP contribution in [0.1, 0.15) is 26.2 Å². The van der Waals surface area contributed by atoms with E-state index >= 15 is 0 Å². The van der Waals surface area contributed by atoms with Crippen LogP contribution in [0.3, 0.4) is 0 Å². The molecule has 1 atom stereocenters. The van der Waals surface area contributed by atoms with E-state index in [1.54, 1.807) is 6.92 Å². The monoisotopic (exact) mass is 301 g/mol. The highest BCUT2D eigenvalue weighted by Crippen LogP contribution is 2.17. The molecule has 0 aromatic heterocycles. The average molecular weight is 301 g/mol. The lowest BCUT2D eigenvalue weighted by Gasteiger charge is -2.14. The summed E-state index contributed by atoms with van der Waals surface area (Å²) in [4.78, 5) is 21.9. The molecule has 1 aromatic rings. The van der Waals surface area contributed by atoms with Crippen LogP contribution in [0.2, 0.25) is 0 Å². The second-order valence-corrected chi connectivity index (χ2v) is 4.62. The first-order valence-electron chi connectivity index (χ1n) is 6.47. The fourth-order valence-corrected chi connectivity index (χ4v) is 1.68. The van der Waals surface area contributed by atoms with Crippen molar-refractivity contribution in [2.45, 2.75) is 32.2 Å². The van der Waals surface area contributed by atoms with Gasteiger partial charge in [-0.3, -0.25) is 9.59 Å². The van der Waals surface area contributed by atoms with Crippen molar-refractivity contribution in [3.05, 3.63) is 29.8 Å². The van der Waals surface area contributed by atoms with Crippen molar-refractivity contribution in [2.24, 2.45) is 0 Å². The first kappa shape index (κ1) is 16.9. The van der Waals surface area contributed by atoms with Crippen molar-refractivity contribution in [3.8, 4) is 5.75 Å². The number of amides is 1. The Hall–Kier alpha value is -2.18. The number of nitrogens with one attached hydrogen (secondary N) is 1. The molecule has 21 heavy (non-hydrogen) atoms. The Morgan fingerprint density at radius 3 is 2.71 bits per heavy atom.